The van der Waals surface area contributed by atoms with Crippen LogP contribution in [0.2, 0.25) is 0 Å². The van der Waals surface area contributed by atoms with Crippen molar-refractivity contribution in [3.8, 4) is 0 Å². The van der Waals surface area contributed by atoms with E-state index < -0.39 is 0 Å². The molecule has 0 aromatic heterocycles. The Kier molecular flexibility index (Phi) is 3.53. The fraction of sp³-hybridized carbons (Fsp3) is 0.647. The molecule has 0 spiro atoms. The maximum atomic E-state index is 3.83. The van der Waals surface area contributed by atoms with Crippen molar-refractivity contribution in [2.24, 2.45) is 0 Å². The highest BCUT2D eigenvalue weighted by molar-refractivity contribution is 5.58. The van der Waals surface area contributed by atoms with Crippen LogP contribution in [0.3, 0.4) is 0 Å². The SMILES string of the molecule is CCc1cccc(C)c1NC1CC(C)N(C2CC2)C1. The van der Waals surface area contributed by atoms with Gasteiger partial charge in [-0.05, 0) is 50.7 Å². The summed E-state index contributed by atoms with van der Waals surface area (Å²) in [5.74, 6) is 0. The molecule has 0 bridgehead atoms. The topological polar surface area (TPSA) is 15.3 Å². The van der Waals surface area contributed by atoms with Gasteiger partial charge in [0.2, 0.25) is 0 Å². The summed E-state index contributed by atoms with van der Waals surface area (Å²) in [5.41, 5.74) is 4.23. The summed E-state index contributed by atoms with van der Waals surface area (Å²) >= 11 is 0. The molecule has 2 atom stereocenters. The number of likely N-dealkylation sites (tertiary alicyclic amines) is 1. The zero-order valence-corrected chi connectivity index (χ0v) is 12.4. The van der Waals surface area contributed by atoms with Gasteiger partial charge in [0.15, 0.2) is 0 Å². The summed E-state index contributed by atoms with van der Waals surface area (Å²) in [6.45, 7) is 8.08. The zero-order valence-electron chi connectivity index (χ0n) is 12.4. The Bertz CT molecular complexity index is 451. The van der Waals surface area contributed by atoms with E-state index in [0.29, 0.717) is 6.04 Å². The van der Waals surface area contributed by atoms with Crippen LogP contribution < -0.4 is 5.32 Å². The number of nitrogens with one attached hydrogen (secondary N) is 1. The lowest BCUT2D eigenvalue weighted by Gasteiger charge is -2.21. The van der Waals surface area contributed by atoms with Crippen LogP contribution in [0.25, 0.3) is 0 Å². The molecule has 1 aromatic carbocycles. The van der Waals surface area contributed by atoms with Crippen molar-refractivity contribution < 1.29 is 0 Å². The molecule has 104 valence electrons. The summed E-state index contributed by atoms with van der Waals surface area (Å²) in [4.78, 5) is 2.71. The molecule has 2 aliphatic rings. The van der Waals surface area contributed by atoms with Crippen molar-refractivity contribution in [1.82, 2.24) is 4.90 Å². The van der Waals surface area contributed by atoms with Gasteiger partial charge in [-0.25, -0.2) is 0 Å². The van der Waals surface area contributed by atoms with Crippen molar-refractivity contribution in [1.29, 1.82) is 0 Å². The second kappa shape index (κ2) is 5.16. The lowest BCUT2D eigenvalue weighted by Crippen LogP contribution is -2.31. The van der Waals surface area contributed by atoms with Gasteiger partial charge >= 0.3 is 0 Å². The number of nitrogens with zero attached hydrogens (tertiary/aromatic N) is 1. The molecular formula is C17H26N2. The molecule has 19 heavy (non-hydrogen) atoms. The highest BCUT2D eigenvalue weighted by Gasteiger charge is 2.38. The average Bonchev–Trinajstić information content (AvgIpc) is 3.17. The second-order valence-corrected chi connectivity index (χ2v) is 6.32. The minimum absolute atomic E-state index is 0.627. The molecule has 1 N–H and O–H groups in total. The van der Waals surface area contributed by atoms with E-state index in [1.807, 2.05) is 0 Å². The van der Waals surface area contributed by atoms with Crippen LogP contribution in [0.15, 0.2) is 18.2 Å². The van der Waals surface area contributed by atoms with E-state index in [0.717, 1.165) is 18.5 Å². The van der Waals surface area contributed by atoms with Gasteiger partial charge in [0.1, 0.15) is 0 Å². The van der Waals surface area contributed by atoms with Crippen molar-refractivity contribution in [2.45, 2.75) is 64.6 Å². The minimum Gasteiger partial charge on any atom is -0.381 e. The highest BCUT2D eigenvalue weighted by atomic mass is 15.3. The number of aryl methyl sites for hydroxylation is 2. The van der Waals surface area contributed by atoms with Gasteiger partial charge in [-0.3, -0.25) is 4.90 Å². The Hall–Kier alpha value is -1.02. The Morgan fingerprint density at radius 2 is 2.11 bits per heavy atom. The third kappa shape index (κ3) is 2.64. The van der Waals surface area contributed by atoms with Crippen LogP contribution in [0.4, 0.5) is 5.69 Å². The van der Waals surface area contributed by atoms with Crippen molar-refractivity contribution in [3.63, 3.8) is 0 Å². The van der Waals surface area contributed by atoms with Crippen molar-refractivity contribution in [2.75, 3.05) is 11.9 Å². The minimum atomic E-state index is 0.627. The molecule has 1 heterocycles. The second-order valence-electron chi connectivity index (χ2n) is 6.32. The van der Waals surface area contributed by atoms with E-state index in [-0.39, 0.29) is 0 Å². The number of hydrogen-bond acceptors (Lipinski definition) is 2. The lowest BCUT2D eigenvalue weighted by atomic mass is 10.0. The Labute approximate surface area is 117 Å². The van der Waals surface area contributed by atoms with E-state index in [1.54, 1.807) is 0 Å². The average molecular weight is 258 g/mol. The first-order valence-electron chi connectivity index (χ1n) is 7.79. The fourth-order valence-corrected chi connectivity index (χ4v) is 3.51. The van der Waals surface area contributed by atoms with Gasteiger partial charge < -0.3 is 5.32 Å². The van der Waals surface area contributed by atoms with Gasteiger partial charge in [0.05, 0.1) is 0 Å². The van der Waals surface area contributed by atoms with E-state index in [2.05, 4.69) is 49.2 Å². The predicted octanol–water partition coefficient (Wildman–Crippen LogP) is 3.59. The first-order chi connectivity index (χ1) is 9.19. The molecule has 2 heteroatoms. The molecular weight excluding hydrogens is 232 g/mol. The monoisotopic (exact) mass is 258 g/mol. The Morgan fingerprint density at radius 1 is 1.32 bits per heavy atom. The van der Waals surface area contributed by atoms with Gasteiger partial charge in [-0.1, -0.05) is 25.1 Å². The molecule has 0 radical (unpaired) electrons. The van der Waals surface area contributed by atoms with Gasteiger partial charge in [-0.2, -0.15) is 0 Å². The van der Waals surface area contributed by atoms with Crippen LogP contribution in [-0.2, 0) is 6.42 Å². The smallest absolute Gasteiger partial charge is 0.0404 e. The maximum absolute atomic E-state index is 3.83. The molecule has 2 fully saturated rings. The molecule has 1 aliphatic carbocycles. The molecule has 1 saturated carbocycles. The summed E-state index contributed by atoms with van der Waals surface area (Å²) < 4.78 is 0. The number of anilines is 1. The molecule has 1 aromatic rings. The third-order valence-corrected chi connectivity index (χ3v) is 4.73. The third-order valence-electron chi connectivity index (χ3n) is 4.73. The van der Waals surface area contributed by atoms with E-state index >= 15 is 0 Å². The molecule has 3 rings (SSSR count). The summed E-state index contributed by atoms with van der Waals surface area (Å²) in [6, 6.07) is 8.92. The standard InChI is InChI=1S/C17H26N2/c1-4-14-7-5-6-12(2)17(14)18-15-10-13(3)19(11-15)16-8-9-16/h5-7,13,15-16,18H,4,8-11H2,1-3H3. The molecule has 2 unspecified atom stereocenters. The number of benzene rings is 1. The van der Waals surface area contributed by atoms with Crippen LogP contribution >= 0.6 is 0 Å². The predicted molar refractivity (Wildman–Crippen MR) is 81.8 cm³/mol. The Balaban J connectivity index is 1.72. The van der Waals surface area contributed by atoms with E-state index in [9.17, 15) is 0 Å². The lowest BCUT2D eigenvalue weighted by molar-refractivity contribution is 0.257. The first-order valence-corrected chi connectivity index (χ1v) is 7.79. The van der Waals surface area contributed by atoms with Gasteiger partial charge in [0.25, 0.3) is 0 Å². The fourth-order valence-electron chi connectivity index (χ4n) is 3.51. The number of hydrogen-bond donors (Lipinski definition) is 1. The summed E-state index contributed by atoms with van der Waals surface area (Å²) in [7, 11) is 0. The molecule has 2 nitrogen and oxygen atoms in total. The van der Waals surface area contributed by atoms with Crippen LogP contribution in [-0.4, -0.2) is 29.6 Å². The van der Waals surface area contributed by atoms with Crippen LogP contribution in [0.1, 0.15) is 44.2 Å². The normalized spacial score (nSPS) is 27.7. The zero-order chi connectivity index (χ0) is 13.4. The van der Waals surface area contributed by atoms with Gasteiger partial charge in [-0.15, -0.1) is 0 Å². The van der Waals surface area contributed by atoms with Crippen molar-refractivity contribution >= 4 is 5.69 Å². The maximum Gasteiger partial charge on any atom is 0.0404 e. The number of para-hydroxylation sites is 1. The van der Waals surface area contributed by atoms with E-state index in [4.69, 9.17) is 0 Å². The van der Waals surface area contributed by atoms with Crippen LogP contribution in [0, 0.1) is 6.92 Å². The highest BCUT2D eigenvalue weighted by Crippen LogP contribution is 2.34. The molecule has 0 amide bonds. The summed E-state index contributed by atoms with van der Waals surface area (Å²) in [5, 5.41) is 3.83. The summed E-state index contributed by atoms with van der Waals surface area (Å²) in [6.07, 6.45) is 5.23. The quantitative estimate of drug-likeness (QED) is 0.888. The number of rotatable bonds is 4. The first kappa shape index (κ1) is 13.0. The molecule has 1 aliphatic heterocycles. The van der Waals surface area contributed by atoms with E-state index in [1.165, 1.54) is 42.6 Å². The molecule has 1 saturated heterocycles. The largest absolute Gasteiger partial charge is 0.381 e. The van der Waals surface area contributed by atoms with Crippen LogP contribution in [0.5, 0.6) is 0 Å². The Morgan fingerprint density at radius 3 is 2.79 bits per heavy atom. The van der Waals surface area contributed by atoms with Gasteiger partial charge in [0, 0.05) is 30.4 Å². The van der Waals surface area contributed by atoms with Crippen molar-refractivity contribution in [3.05, 3.63) is 29.3 Å².